The molecule has 1 aliphatic rings. The number of pyridine rings is 2. The fraction of sp³-hybridized carbons (Fsp3) is 0.176. The second kappa shape index (κ2) is 5.94. The molecule has 132 valence electrons. The maximum atomic E-state index is 12.8. The van der Waals surface area contributed by atoms with E-state index < -0.39 is 11.9 Å². The van der Waals surface area contributed by atoms with Crippen molar-refractivity contribution in [2.75, 3.05) is 11.4 Å². The van der Waals surface area contributed by atoms with E-state index in [1.54, 1.807) is 29.3 Å². The zero-order valence-electron chi connectivity index (χ0n) is 13.3. The first-order valence-electron chi connectivity index (χ1n) is 7.77. The smallest absolute Gasteiger partial charge is 0.306 e. The lowest BCUT2D eigenvalue weighted by atomic mass is 10.1. The summed E-state index contributed by atoms with van der Waals surface area (Å²) in [4.78, 5) is 21.6. The fourth-order valence-electron chi connectivity index (χ4n) is 2.82. The van der Waals surface area contributed by atoms with Crippen LogP contribution in [0, 0.1) is 0 Å². The van der Waals surface area contributed by atoms with Crippen molar-refractivity contribution in [3.8, 4) is 5.69 Å². The monoisotopic (exact) mass is 359 g/mol. The van der Waals surface area contributed by atoms with E-state index in [2.05, 4.69) is 15.1 Å². The Kier molecular flexibility index (Phi) is 3.71. The summed E-state index contributed by atoms with van der Waals surface area (Å²) in [6.07, 6.45) is 1.92. The van der Waals surface area contributed by atoms with Crippen LogP contribution in [0.4, 0.5) is 18.9 Å². The predicted octanol–water partition coefficient (Wildman–Crippen LogP) is 2.88. The highest BCUT2D eigenvalue weighted by atomic mass is 19.4. The maximum Gasteiger partial charge on any atom is 0.433 e. The molecule has 0 aromatic carbocycles. The van der Waals surface area contributed by atoms with E-state index in [-0.39, 0.29) is 5.91 Å². The minimum atomic E-state index is -4.51. The summed E-state index contributed by atoms with van der Waals surface area (Å²) in [5.41, 5.74) is 1.12. The number of alkyl halides is 3. The van der Waals surface area contributed by atoms with E-state index >= 15 is 0 Å². The van der Waals surface area contributed by atoms with E-state index in [1.807, 2.05) is 6.07 Å². The molecule has 3 aromatic rings. The van der Waals surface area contributed by atoms with Crippen molar-refractivity contribution in [3.05, 3.63) is 66.0 Å². The van der Waals surface area contributed by atoms with Crippen molar-refractivity contribution in [3.63, 3.8) is 0 Å². The molecule has 6 nitrogen and oxygen atoms in total. The highest BCUT2D eigenvalue weighted by molar-refractivity contribution is 6.07. The summed E-state index contributed by atoms with van der Waals surface area (Å²) in [6.45, 7) is 0.322. The Balaban J connectivity index is 1.63. The van der Waals surface area contributed by atoms with Crippen LogP contribution in [0.2, 0.25) is 0 Å². The van der Waals surface area contributed by atoms with Crippen molar-refractivity contribution >= 4 is 11.6 Å². The number of nitrogens with zero attached hydrogens (tertiary/aromatic N) is 5. The van der Waals surface area contributed by atoms with Gasteiger partial charge in [0.15, 0.2) is 0 Å². The first kappa shape index (κ1) is 16.2. The molecule has 0 aliphatic carbocycles. The molecule has 4 rings (SSSR count). The van der Waals surface area contributed by atoms with Crippen LogP contribution >= 0.6 is 0 Å². The molecular weight excluding hydrogens is 347 g/mol. The standard InChI is InChI=1S/C17H12F3N5O/c18-17(19,20)15-4-3-11(9-22-15)24-7-5-14-13(16(24)26)10-25(23-14)12-2-1-6-21-8-12/h1-4,6,8-10H,5,7H2. The van der Waals surface area contributed by atoms with Crippen LogP contribution in [-0.2, 0) is 12.6 Å². The molecular formula is C17H12F3N5O. The van der Waals surface area contributed by atoms with Gasteiger partial charge in [-0.25, -0.2) is 9.67 Å². The van der Waals surface area contributed by atoms with E-state index in [4.69, 9.17) is 0 Å². The lowest BCUT2D eigenvalue weighted by Crippen LogP contribution is -2.37. The Morgan fingerprint density at radius 1 is 1.08 bits per heavy atom. The Morgan fingerprint density at radius 2 is 1.92 bits per heavy atom. The number of carbonyl (C=O) groups excluding carboxylic acids is 1. The average Bonchev–Trinajstić information content (AvgIpc) is 3.08. The van der Waals surface area contributed by atoms with Crippen LogP contribution in [0.5, 0.6) is 0 Å². The number of hydrogen-bond donors (Lipinski definition) is 0. The average molecular weight is 359 g/mol. The SMILES string of the molecule is O=C1c2cn(-c3cccnc3)nc2CCN1c1ccc(C(F)(F)F)nc1. The molecule has 9 heteroatoms. The zero-order chi connectivity index (χ0) is 18.3. The summed E-state index contributed by atoms with van der Waals surface area (Å²) in [5, 5.41) is 4.41. The Bertz CT molecular complexity index is 951. The van der Waals surface area contributed by atoms with Crippen LogP contribution in [0.15, 0.2) is 49.1 Å². The molecule has 4 heterocycles. The van der Waals surface area contributed by atoms with Crippen molar-refractivity contribution in [1.29, 1.82) is 0 Å². The molecule has 0 radical (unpaired) electrons. The van der Waals surface area contributed by atoms with Gasteiger partial charge in [-0.15, -0.1) is 0 Å². The van der Waals surface area contributed by atoms with Crippen LogP contribution in [0.25, 0.3) is 5.69 Å². The minimum Gasteiger partial charge on any atom is -0.306 e. The van der Waals surface area contributed by atoms with Crippen LogP contribution in [-0.4, -0.2) is 32.2 Å². The molecule has 0 atom stereocenters. The van der Waals surface area contributed by atoms with Gasteiger partial charge in [-0.3, -0.25) is 9.78 Å². The Labute approximate surface area is 145 Å². The number of hydrogen-bond acceptors (Lipinski definition) is 4. The highest BCUT2D eigenvalue weighted by Gasteiger charge is 2.33. The number of carbonyl (C=O) groups is 1. The largest absolute Gasteiger partial charge is 0.433 e. The second-order valence-electron chi connectivity index (χ2n) is 5.75. The van der Waals surface area contributed by atoms with Crippen molar-refractivity contribution in [2.45, 2.75) is 12.6 Å². The minimum absolute atomic E-state index is 0.317. The van der Waals surface area contributed by atoms with Crippen LogP contribution in [0.1, 0.15) is 21.7 Å². The van der Waals surface area contributed by atoms with E-state index in [0.717, 1.165) is 18.0 Å². The van der Waals surface area contributed by atoms with Gasteiger partial charge in [0.2, 0.25) is 0 Å². The van der Waals surface area contributed by atoms with Gasteiger partial charge in [0, 0.05) is 25.4 Å². The topological polar surface area (TPSA) is 63.9 Å². The summed E-state index contributed by atoms with van der Waals surface area (Å²) in [7, 11) is 0. The number of aromatic nitrogens is 4. The lowest BCUT2D eigenvalue weighted by Gasteiger charge is -2.26. The third-order valence-corrected chi connectivity index (χ3v) is 4.10. The molecule has 0 spiro atoms. The third-order valence-electron chi connectivity index (χ3n) is 4.10. The van der Waals surface area contributed by atoms with Gasteiger partial charge in [0.1, 0.15) is 5.69 Å². The number of amides is 1. The molecule has 0 saturated carbocycles. The molecule has 1 aliphatic heterocycles. The number of fused-ring (bicyclic) bond motifs is 1. The summed E-state index contributed by atoms with van der Waals surface area (Å²) in [5.74, 6) is -0.317. The van der Waals surface area contributed by atoms with E-state index in [0.29, 0.717) is 29.9 Å². The molecule has 0 bridgehead atoms. The summed E-state index contributed by atoms with van der Waals surface area (Å²) < 4.78 is 39.5. The highest BCUT2D eigenvalue weighted by Crippen LogP contribution is 2.30. The quantitative estimate of drug-likeness (QED) is 0.706. The van der Waals surface area contributed by atoms with Gasteiger partial charge < -0.3 is 4.90 Å². The molecule has 26 heavy (non-hydrogen) atoms. The van der Waals surface area contributed by atoms with Crippen molar-refractivity contribution in [2.24, 2.45) is 0 Å². The normalized spacial score (nSPS) is 14.4. The van der Waals surface area contributed by atoms with Gasteiger partial charge >= 0.3 is 6.18 Å². The van der Waals surface area contributed by atoms with Crippen molar-refractivity contribution < 1.29 is 18.0 Å². The van der Waals surface area contributed by atoms with Gasteiger partial charge in [-0.05, 0) is 24.3 Å². The van der Waals surface area contributed by atoms with Crippen LogP contribution in [0.3, 0.4) is 0 Å². The fourth-order valence-corrected chi connectivity index (χ4v) is 2.82. The molecule has 0 saturated heterocycles. The Hall–Kier alpha value is -3.23. The second-order valence-corrected chi connectivity index (χ2v) is 5.75. The lowest BCUT2D eigenvalue weighted by molar-refractivity contribution is -0.141. The molecule has 0 N–H and O–H groups in total. The van der Waals surface area contributed by atoms with Gasteiger partial charge in [-0.1, -0.05) is 0 Å². The number of anilines is 1. The number of rotatable bonds is 2. The van der Waals surface area contributed by atoms with Gasteiger partial charge in [-0.2, -0.15) is 18.3 Å². The predicted molar refractivity (Wildman–Crippen MR) is 86.0 cm³/mol. The van der Waals surface area contributed by atoms with E-state index in [9.17, 15) is 18.0 Å². The number of halogens is 3. The van der Waals surface area contributed by atoms with Gasteiger partial charge in [0.25, 0.3) is 5.91 Å². The first-order chi connectivity index (χ1) is 12.4. The van der Waals surface area contributed by atoms with Gasteiger partial charge in [0.05, 0.1) is 35.0 Å². The first-order valence-corrected chi connectivity index (χ1v) is 7.77. The molecule has 0 unspecified atom stereocenters. The third kappa shape index (κ3) is 2.81. The van der Waals surface area contributed by atoms with E-state index in [1.165, 1.54) is 11.0 Å². The summed E-state index contributed by atoms with van der Waals surface area (Å²) >= 11 is 0. The summed E-state index contributed by atoms with van der Waals surface area (Å²) in [6, 6.07) is 5.70. The van der Waals surface area contributed by atoms with Crippen LogP contribution < -0.4 is 4.90 Å². The zero-order valence-corrected chi connectivity index (χ0v) is 13.3. The molecule has 3 aromatic heterocycles. The molecule has 0 fully saturated rings. The maximum absolute atomic E-state index is 12.8. The Morgan fingerprint density at radius 3 is 2.58 bits per heavy atom. The van der Waals surface area contributed by atoms with Crippen molar-refractivity contribution in [1.82, 2.24) is 19.7 Å². The molecule has 1 amide bonds.